The molecule has 0 aromatic carbocycles. The first-order valence-corrected chi connectivity index (χ1v) is 10.7. The summed E-state index contributed by atoms with van der Waals surface area (Å²) in [6, 6.07) is -4.58. The van der Waals surface area contributed by atoms with Gasteiger partial charge in [-0.3, -0.25) is 19.2 Å². The maximum atomic E-state index is 13.0. The van der Waals surface area contributed by atoms with Crippen molar-refractivity contribution < 1.29 is 34.2 Å². The van der Waals surface area contributed by atoms with Gasteiger partial charge in [-0.1, -0.05) is 13.8 Å². The van der Waals surface area contributed by atoms with Gasteiger partial charge < -0.3 is 37.2 Å². The van der Waals surface area contributed by atoms with Gasteiger partial charge in [0.25, 0.3) is 0 Å². The molecule has 0 saturated carbocycles. The first-order valence-electron chi connectivity index (χ1n) is 10.7. The van der Waals surface area contributed by atoms with Crippen LogP contribution in [-0.4, -0.2) is 81.5 Å². The van der Waals surface area contributed by atoms with Gasteiger partial charge in [-0.2, -0.15) is 0 Å². The van der Waals surface area contributed by atoms with Gasteiger partial charge in [0.05, 0.1) is 12.1 Å². The molecule has 12 heteroatoms. The van der Waals surface area contributed by atoms with Crippen molar-refractivity contribution in [2.75, 3.05) is 6.54 Å². The van der Waals surface area contributed by atoms with E-state index >= 15 is 0 Å². The van der Waals surface area contributed by atoms with Crippen LogP contribution in [0.2, 0.25) is 0 Å². The molecule has 0 aliphatic carbocycles. The molecular formula is C20H35N5O7. The molecule has 0 aromatic rings. The Morgan fingerprint density at radius 1 is 1.09 bits per heavy atom. The summed E-state index contributed by atoms with van der Waals surface area (Å²) in [7, 11) is 0. The van der Waals surface area contributed by atoms with Gasteiger partial charge in [-0.25, -0.2) is 4.79 Å². The van der Waals surface area contributed by atoms with Gasteiger partial charge in [-0.15, -0.1) is 0 Å². The molecule has 182 valence electrons. The van der Waals surface area contributed by atoms with Gasteiger partial charge >= 0.3 is 5.97 Å². The number of carboxylic acid groups (broad SMARTS) is 1. The summed E-state index contributed by atoms with van der Waals surface area (Å²) in [5.41, 5.74) is 11.0. The second-order valence-corrected chi connectivity index (χ2v) is 8.56. The summed E-state index contributed by atoms with van der Waals surface area (Å²) < 4.78 is 0. The van der Waals surface area contributed by atoms with Crippen molar-refractivity contribution in [2.45, 2.75) is 83.1 Å². The Morgan fingerprint density at radius 2 is 1.72 bits per heavy atom. The molecule has 0 spiro atoms. The number of hydrogen-bond acceptors (Lipinski definition) is 7. The van der Waals surface area contributed by atoms with E-state index < -0.39 is 59.9 Å². The minimum atomic E-state index is -1.40. The summed E-state index contributed by atoms with van der Waals surface area (Å²) in [5.74, 6) is -3.90. The lowest BCUT2D eigenvalue weighted by Crippen LogP contribution is -2.59. The molecule has 1 aliphatic rings. The number of carbonyl (C=O) groups excluding carboxylic acids is 4. The fourth-order valence-corrected chi connectivity index (χ4v) is 3.57. The summed E-state index contributed by atoms with van der Waals surface area (Å²) in [6.45, 7) is 5.24. The highest BCUT2D eigenvalue weighted by atomic mass is 16.4. The molecular weight excluding hydrogens is 422 g/mol. The van der Waals surface area contributed by atoms with E-state index in [1.54, 1.807) is 0 Å². The van der Waals surface area contributed by atoms with Crippen LogP contribution in [0.3, 0.4) is 0 Å². The molecule has 1 aliphatic heterocycles. The van der Waals surface area contributed by atoms with E-state index in [1.165, 1.54) is 6.92 Å². The van der Waals surface area contributed by atoms with E-state index in [2.05, 4.69) is 10.6 Å². The van der Waals surface area contributed by atoms with Gasteiger partial charge in [0.15, 0.2) is 0 Å². The number of likely N-dealkylation sites (tertiary alicyclic amines) is 1. The van der Waals surface area contributed by atoms with Crippen LogP contribution in [0.4, 0.5) is 0 Å². The van der Waals surface area contributed by atoms with Crippen LogP contribution in [0, 0.1) is 5.92 Å². The number of carboxylic acids is 1. The van der Waals surface area contributed by atoms with Crippen molar-refractivity contribution in [1.29, 1.82) is 0 Å². The lowest BCUT2D eigenvalue weighted by Gasteiger charge is -2.29. The second-order valence-electron chi connectivity index (χ2n) is 8.56. The predicted molar refractivity (Wildman–Crippen MR) is 114 cm³/mol. The van der Waals surface area contributed by atoms with Crippen LogP contribution in [0.25, 0.3) is 0 Å². The Morgan fingerprint density at radius 3 is 2.22 bits per heavy atom. The highest BCUT2D eigenvalue weighted by Gasteiger charge is 2.39. The number of amides is 4. The third kappa shape index (κ3) is 8.08. The minimum Gasteiger partial charge on any atom is -0.480 e. The molecule has 1 heterocycles. The summed E-state index contributed by atoms with van der Waals surface area (Å²) in [5, 5.41) is 24.2. The van der Waals surface area contributed by atoms with Crippen molar-refractivity contribution in [3.63, 3.8) is 0 Å². The monoisotopic (exact) mass is 457 g/mol. The number of nitrogens with zero attached hydrogens (tertiary/aromatic N) is 1. The molecule has 8 N–H and O–H groups in total. The normalized spacial score (nSPS) is 19.7. The van der Waals surface area contributed by atoms with Crippen molar-refractivity contribution in [3.05, 3.63) is 0 Å². The zero-order valence-electron chi connectivity index (χ0n) is 18.7. The molecule has 0 radical (unpaired) electrons. The number of hydrogen-bond donors (Lipinski definition) is 6. The minimum absolute atomic E-state index is 0.132. The smallest absolute Gasteiger partial charge is 0.326 e. The van der Waals surface area contributed by atoms with E-state index in [4.69, 9.17) is 11.5 Å². The molecule has 5 atom stereocenters. The number of carbonyl (C=O) groups is 5. The molecule has 1 rings (SSSR count). The van der Waals surface area contributed by atoms with Crippen LogP contribution in [0.1, 0.15) is 52.9 Å². The maximum absolute atomic E-state index is 13.0. The van der Waals surface area contributed by atoms with Crippen LogP contribution < -0.4 is 22.1 Å². The quantitative estimate of drug-likeness (QED) is 0.194. The van der Waals surface area contributed by atoms with Gasteiger partial charge in [-0.05, 0) is 38.5 Å². The second kappa shape index (κ2) is 12.3. The first-order chi connectivity index (χ1) is 14.8. The Bertz CT molecular complexity index is 712. The van der Waals surface area contributed by atoms with Crippen molar-refractivity contribution >= 4 is 29.6 Å². The van der Waals surface area contributed by atoms with E-state index in [0.717, 1.165) is 4.90 Å². The number of aliphatic carboxylic acids is 1. The number of nitrogens with two attached hydrogens (primary N) is 2. The Labute approximate surface area is 187 Å². The van der Waals surface area contributed by atoms with Crippen LogP contribution in [0.5, 0.6) is 0 Å². The molecule has 5 unspecified atom stereocenters. The topological polar surface area (TPSA) is 205 Å². The number of aliphatic hydroxyl groups is 1. The van der Waals surface area contributed by atoms with E-state index in [9.17, 15) is 34.2 Å². The number of primary amides is 1. The van der Waals surface area contributed by atoms with Crippen molar-refractivity contribution in [2.24, 2.45) is 17.4 Å². The largest absolute Gasteiger partial charge is 0.480 e. The highest BCUT2D eigenvalue weighted by Crippen LogP contribution is 2.19. The third-order valence-corrected chi connectivity index (χ3v) is 5.24. The molecule has 0 aromatic heterocycles. The van der Waals surface area contributed by atoms with Crippen LogP contribution in [0.15, 0.2) is 0 Å². The molecule has 1 saturated heterocycles. The summed E-state index contributed by atoms with van der Waals surface area (Å²) in [4.78, 5) is 62.0. The predicted octanol–water partition coefficient (Wildman–Crippen LogP) is -1.95. The molecule has 12 nitrogen and oxygen atoms in total. The van der Waals surface area contributed by atoms with Gasteiger partial charge in [0, 0.05) is 13.0 Å². The van der Waals surface area contributed by atoms with E-state index in [1.807, 2.05) is 13.8 Å². The summed E-state index contributed by atoms with van der Waals surface area (Å²) >= 11 is 0. The van der Waals surface area contributed by atoms with E-state index in [-0.39, 0.29) is 31.7 Å². The average Bonchev–Trinajstić information content (AvgIpc) is 3.17. The van der Waals surface area contributed by atoms with Crippen LogP contribution >= 0.6 is 0 Å². The van der Waals surface area contributed by atoms with Crippen LogP contribution in [-0.2, 0) is 24.0 Å². The lowest BCUT2D eigenvalue weighted by atomic mass is 10.0. The maximum Gasteiger partial charge on any atom is 0.326 e. The lowest BCUT2D eigenvalue weighted by molar-refractivity contribution is -0.149. The fraction of sp³-hybridized carbons (Fsp3) is 0.750. The standard InChI is InChI=1S/C20H35N5O7/c1-10(2)9-12(21)17(28)24-16(11(3)26)18(29)23-13(6-7-15(22)27)19(30)25-8-4-5-14(25)20(31)32/h10-14,16,26H,4-9,21H2,1-3H3,(H2,22,27)(H,23,29)(H,24,28)(H,31,32). The number of rotatable bonds is 12. The zero-order chi connectivity index (χ0) is 24.6. The van der Waals surface area contributed by atoms with Gasteiger partial charge in [0.2, 0.25) is 23.6 Å². The highest BCUT2D eigenvalue weighted by molar-refractivity contribution is 5.94. The number of nitrogens with one attached hydrogen (secondary N) is 2. The van der Waals surface area contributed by atoms with Gasteiger partial charge in [0.1, 0.15) is 18.1 Å². The van der Waals surface area contributed by atoms with Crippen molar-refractivity contribution in [3.8, 4) is 0 Å². The Kier molecular flexibility index (Phi) is 10.5. The fourth-order valence-electron chi connectivity index (χ4n) is 3.57. The average molecular weight is 458 g/mol. The molecule has 4 amide bonds. The molecule has 0 bridgehead atoms. The molecule has 1 fully saturated rings. The Balaban J connectivity index is 2.98. The first kappa shape index (κ1) is 27.3. The summed E-state index contributed by atoms with van der Waals surface area (Å²) in [6.07, 6.45) is -0.568. The van der Waals surface area contributed by atoms with Crippen molar-refractivity contribution in [1.82, 2.24) is 15.5 Å². The zero-order valence-corrected chi connectivity index (χ0v) is 18.7. The third-order valence-electron chi connectivity index (χ3n) is 5.24. The molecule has 32 heavy (non-hydrogen) atoms. The number of aliphatic hydroxyl groups excluding tert-OH is 1. The SMILES string of the molecule is CC(C)CC(N)C(=O)NC(C(=O)NC(CCC(N)=O)C(=O)N1CCCC1C(=O)O)C(C)O. The van der Waals surface area contributed by atoms with E-state index in [0.29, 0.717) is 12.8 Å². The Hall–Kier alpha value is -2.73.